The lowest BCUT2D eigenvalue weighted by Gasteiger charge is -2.10. The molecule has 0 amide bonds. The molecule has 5 heteroatoms. The van der Waals surface area contributed by atoms with E-state index in [-0.39, 0.29) is 5.75 Å². The first-order valence-corrected chi connectivity index (χ1v) is 6.23. The van der Waals surface area contributed by atoms with E-state index < -0.39 is 5.82 Å². The van der Waals surface area contributed by atoms with Crippen molar-refractivity contribution in [2.75, 3.05) is 5.73 Å². The van der Waals surface area contributed by atoms with Crippen LogP contribution >= 0.6 is 15.9 Å². The second-order valence-electron chi connectivity index (χ2n) is 3.99. The zero-order valence-electron chi connectivity index (χ0n) is 10.1. The fourth-order valence-electron chi connectivity index (χ4n) is 1.54. The summed E-state index contributed by atoms with van der Waals surface area (Å²) in [5, 5.41) is 9.00. The van der Waals surface area contributed by atoms with Gasteiger partial charge in [-0.15, -0.1) is 0 Å². The average molecular weight is 321 g/mol. The minimum Gasteiger partial charge on any atom is -0.453 e. The van der Waals surface area contributed by atoms with Gasteiger partial charge in [-0.05, 0) is 36.8 Å². The molecule has 0 aliphatic carbocycles. The van der Waals surface area contributed by atoms with Crippen LogP contribution in [0.1, 0.15) is 11.1 Å². The summed E-state index contributed by atoms with van der Waals surface area (Å²) in [6.45, 7) is 1.76. The van der Waals surface area contributed by atoms with Crippen LogP contribution in [0.25, 0.3) is 0 Å². The fourth-order valence-corrected chi connectivity index (χ4v) is 1.88. The molecule has 0 aliphatic heterocycles. The molecule has 2 aromatic rings. The Hall–Kier alpha value is -2.06. The van der Waals surface area contributed by atoms with E-state index >= 15 is 0 Å². The zero-order chi connectivity index (χ0) is 14.0. The van der Waals surface area contributed by atoms with Crippen LogP contribution in [0.15, 0.2) is 34.8 Å². The van der Waals surface area contributed by atoms with Crippen LogP contribution < -0.4 is 10.5 Å². The normalized spacial score (nSPS) is 10.0. The molecule has 0 heterocycles. The standard InChI is InChI=1S/C14H10BrFN2O/c1-8-4-14(11(16)6-12(8)18)19-13-5-10(15)3-2-9(13)7-17/h2-6H,18H2,1H3. The third kappa shape index (κ3) is 2.85. The van der Waals surface area contributed by atoms with Crippen molar-refractivity contribution in [2.45, 2.75) is 6.92 Å². The molecule has 2 rings (SSSR count). The Morgan fingerprint density at radius 1 is 1.26 bits per heavy atom. The molecule has 0 fully saturated rings. The summed E-state index contributed by atoms with van der Waals surface area (Å²) < 4.78 is 20.0. The van der Waals surface area contributed by atoms with Crippen molar-refractivity contribution in [1.82, 2.24) is 0 Å². The van der Waals surface area contributed by atoms with Crippen LogP contribution in [0.3, 0.4) is 0 Å². The van der Waals surface area contributed by atoms with E-state index in [9.17, 15) is 4.39 Å². The molecule has 3 nitrogen and oxygen atoms in total. The van der Waals surface area contributed by atoms with Crippen molar-refractivity contribution < 1.29 is 9.13 Å². The molecule has 0 unspecified atom stereocenters. The summed E-state index contributed by atoms with van der Waals surface area (Å²) in [6.07, 6.45) is 0. The quantitative estimate of drug-likeness (QED) is 0.846. The van der Waals surface area contributed by atoms with Crippen LogP contribution in [0.4, 0.5) is 10.1 Å². The van der Waals surface area contributed by atoms with E-state index in [0.29, 0.717) is 22.6 Å². The monoisotopic (exact) mass is 320 g/mol. The highest BCUT2D eigenvalue weighted by atomic mass is 79.9. The number of aryl methyl sites for hydroxylation is 1. The van der Waals surface area contributed by atoms with Gasteiger partial charge in [0.2, 0.25) is 0 Å². The smallest absolute Gasteiger partial charge is 0.167 e. The van der Waals surface area contributed by atoms with Crippen molar-refractivity contribution in [3.63, 3.8) is 0 Å². The second kappa shape index (κ2) is 5.29. The first kappa shape index (κ1) is 13.4. The van der Waals surface area contributed by atoms with Crippen molar-refractivity contribution in [3.05, 3.63) is 51.7 Å². The summed E-state index contributed by atoms with van der Waals surface area (Å²) in [7, 11) is 0. The topological polar surface area (TPSA) is 59.0 Å². The fraction of sp³-hybridized carbons (Fsp3) is 0.0714. The van der Waals surface area contributed by atoms with Crippen LogP contribution in [-0.4, -0.2) is 0 Å². The van der Waals surface area contributed by atoms with Gasteiger partial charge in [-0.1, -0.05) is 15.9 Å². The molecule has 0 saturated heterocycles. The van der Waals surface area contributed by atoms with E-state index in [4.69, 9.17) is 15.7 Å². The molecule has 0 atom stereocenters. The molecular weight excluding hydrogens is 311 g/mol. The van der Waals surface area contributed by atoms with Crippen LogP contribution in [0, 0.1) is 24.1 Å². The summed E-state index contributed by atoms with van der Waals surface area (Å²) in [6, 6.07) is 9.64. The summed E-state index contributed by atoms with van der Waals surface area (Å²) in [5.74, 6) is -0.229. The maximum absolute atomic E-state index is 13.8. The number of anilines is 1. The number of hydrogen-bond donors (Lipinski definition) is 1. The molecule has 0 spiro atoms. The summed E-state index contributed by atoms with van der Waals surface area (Å²) in [5.41, 5.74) is 7.01. The summed E-state index contributed by atoms with van der Waals surface area (Å²) in [4.78, 5) is 0. The van der Waals surface area contributed by atoms with Crippen molar-refractivity contribution >= 4 is 21.6 Å². The minimum absolute atomic E-state index is 0.0429. The first-order valence-electron chi connectivity index (χ1n) is 5.44. The van der Waals surface area contributed by atoms with E-state index in [1.165, 1.54) is 12.1 Å². The SMILES string of the molecule is Cc1cc(Oc2cc(Br)ccc2C#N)c(F)cc1N. The van der Waals surface area contributed by atoms with Gasteiger partial charge < -0.3 is 10.5 Å². The maximum atomic E-state index is 13.8. The maximum Gasteiger partial charge on any atom is 0.167 e. The van der Waals surface area contributed by atoms with Crippen molar-refractivity contribution in [1.29, 1.82) is 5.26 Å². The number of nitrogens with zero attached hydrogens (tertiary/aromatic N) is 1. The van der Waals surface area contributed by atoms with E-state index in [1.807, 2.05) is 6.07 Å². The molecule has 0 aliphatic rings. The van der Waals surface area contributed by atoms with Gasteiger partial charge in [-0.25, -0.2) is 4.39 Å². The molecule has 0 bridgehead atoms. The first-order chi connectivity index (χ1) is 9.01. The van der Waals surface area contributed by atoms with Gasteiger partial charge in [0.25, 0.3) is 0 Å². The largest absolute Gasteiger partial charge is 0.453 e. The predicted octanol–water partition coefficient (Wildman–Crippen LogP) is 4.14. The van der Waals surface area contributed by atoms with Gasteiger partial charge in [0.05, 0.1) is 5.56 Å². The molecule has 2 aromatic carbocycles. The van der Waals surface area contributed by atoms with Gasteiger partial charge >= 0.3 is 0 Å². The highest BCUT2D eigenvalue weighted by Gasteiger charge is 2.11. The molecule has 96 valence electrons. The lowest BCUT2D eigenvalue weighted by molar-refractivity contribution is 0.440. The van der Waals surface area contributed by atoms with E-state index in [1.54, 1.807) is 25.1 Å². The van der Waals surface area contributed by atoms with Gasteiger partial charge in [0.15, 0.2) is 11.6 Å². The van der Waals surface area contributed by atoms with E-state index in [0.717, 1.165) is 4.47 Å². The third-order valence-electron chi connectivity index (χ3n) is 2.60. The van der Waals surface area contributed by atoms with Gasteiger partial charge in [0.1, 0.15) is 11.8 Å². The van der Waals surface area contributed by atoms with Gasteiger partial charge in [0, 0.05) is 16.2 Å². The Kier molecular flexibility index (Phi) is 3.72. The van der Waals surface area contributed by atoms with E-state index in [2.05, 4.69) is 15.9 Å². The lowest BCUT2D eigenvalue weighted by atomic mass is 10.2. The Balaban J connectivity index is 2.45. The summed E-state index contributed by atoms with van der Waals surface area (Å²) >= 11 is 3.28. The number of rotatable bonds is 2. The second-order valence-corrected chi connectivity index (χ2v) is 4.91. The van der Waals surface area contributed by atoms with Crippen LogP contribution in [0.5, 0.6) is 11.5 Å². The number of benzene rings is 2. The Morgan fingerprint density at radius 3 is 2.68 bits per heavy atom. The number of hydrogen-bond acceptors (Lipinski definition) is 3. The average Bonchev–Trinajstić information content (AvgIpc) is 2.36. The third-order valence-corrected chi connectivity index (χ3v) is 3.10. The molecule has 0 aromatic heterocycles. The number of ether oxygens (including phenoxy) is 1. The van der Waals surface area contributed by atoms with Crippen molar-refractivity contribution in [3.8, 4) is 17.6 Å². The highest BCUT2D eigenvalue weighted by Crippen LogP contribution is 2.31. The highest BCUT2D eigenvalue weighted by molar-refractivity contribution is 9.10. The van der Waals surface area contributed by atoms with Crippen LogP contribution in [-0.2, 0) is 0 Å². The Morgan fingerprint density at radius 2 is 2.00 bits per heavy atom. The molecule has 2 N–H and O–H groups in total. The Labute approximate surface area is 118 Å². The molecular formula is C14H10BrFN2O. The Bertz CT molecular complexity index is 680. The van der Waals surface area contributed by atoms with Crippen LogP contribution in [0.2, 0.25) is 0 Å². The number of nitriles is 1. The minimum atomic E-state index is -0.563. The lowest BCUT2D eigenvalue weighted by Crippen LogP contribution is -1.96. The van der Waals surface area contributed by atoms with Gasteiger partial charge in [-0.3, -0.25) is 0 Å². The van der Waals surface area contributed by atoms with Gasteiger partial charge in [-0.2, -0.15) is 5.26 Å². The molecule has 0 radical (unpaired) electrons. The van der Waals surface area contributed by atoms with Crippen molar-refractivity contribution in [2.24, 2.45) is 0 Å². The predicted molar refractivity (Wildman–Crippen MR) is 74.5 cm³/mol. The number of halogens is 2. The number of nitrogens with two attached hydrogens (primary N) is 1. The zero-order valence-corrected chi connectivity index (χ0v) is 11.7. The number of nitrogen functional groups attached to an aromatic ring is 1. The molecule has 0 saturated carbocycles. The molecule has 19 heavy (non-hydrogen) atoms.